The lowest BCUT2D eigenvalue weighted by molar-refractivity contribution is 0.0926. The predicted molar refractivity (Wildman–Crippen MR) is 55.0 cm³/mol. The molecule has 1 aromatic carbocycles. The number of hydrogen-bond acceptors (Lipinski definition) is 1. The molecule has 0 N–H and O–H groups in total. The summed E-state index contributed by atoms with van der Waals surface area (Å²) in [5.41, 5.74) is 1.95. The molecule has 13 heavy (non-hydrogen) atoms. The van der Waals surface area contributed by atoms with E-state index in [1.54, 1.807) is 0 Å². The van der Waals surface area contributed by atoms with Crippen LogP contribution >= 0.6 is 0 Å². The molecule has 0 radical (unpaired) electrons. The molecule has 0 saturated carbocycles. The zero-order chi connectivity index (χ0) is 9.84. The van der Waals surface area contributed by atoms with Gasteiger partial charge in [-0.15, -0.1) is 0 Å². The van der Waals surface area contributed by atoms with Crippen molar-refractivity contribution in [3.63, 3.8) is 0 Å². The Hall–Kier alpha value is -1.11. The zero-order valence-corrected chi connectivity index (χ0v) is 8.50. The number of aryl methyl sites for hydroxylation is 1. The fourth-order valence-corrected chi connectivity index (χ4v) is 1.30. The van der Waals surface area contributed by atoms with E-state index >= 15 is 0 Å². The topological polar surface area (TPSA) is 17.1 Å². The lowest BCUT2D eigenvalue weighted by Crippen LogP contribution is -2.11. The molecule has 0 saturated heterocycles. The first-order chi connectivity index (χ1) is 6.16. The lowest BCUT2D eigenvalue weighted by Gasteiger charge is -2.09. The van der Waals surface area contributed by atoms with Crippen LogP contribution in [0.4, 0.5) is 0 Å². The van der Waals surface area contributed by atoms with Crippen LogP contribution in [0.15, 0.2) is 24.3 Å². The SMILES string of the molecule is CC[C@@H](C)C(=O)c1ccccc1C. The molecule has 70 valence electrons. The predicted octanol–water partition coefficient (Wildman–Crippen LogP) is 3.22. The van der Waals surface area contributed by atoms with Crippen molar-refractivity contribution in [3.8, 4) is 0 Å². The Morgan fingerprint density at radius 3 is 2.54 bits per heavy atom. The van der Waals surface area contributed by atoms with Crippen LogP contribution < -0.4 is 0 Å². The smallest absolute Gasteiger partial charge is 0.165 e. The minimum absolute atomic E-state index is 0.140. The number of Topliss-reactive ketones (excluding diaryl/α,β-unsaturated/α-hetero) is 1. The maximum atomic E-state index is 11.8. The Morgan fingerprint density at radius 1 is 1.38 bits per heavy atom. The molecule has 1 aromatic rings. The Labute approximate surface area is 79.8 Å². The van der Waals surface area contributed by atoms with E-state index in [1.807, 2.05) is 45.0 Å². The second-order valence-electron chi connectivity index (χ2n) is 3.49. The molecule has 0 unspecified atom stereocenters. The van der Waals surface area contributed by atoms with E-state index in [0.717, 1.165) is 17.5 Å². The van der Waals surface area contributed by atoms with Crippen molar-refractivity contribution in [3.05, 3.63) is 35.4 Å². The molecule has 0 heterocycles. The van der Waals surface area contributed by atoms with Crippen LogP contribution in [0.25, 0.3) is 0 Å². The van der Waals surface area contributed by atoms with Crippen molar-refractivity contribution in [2.45, 2.75) is 27.2 Å². The van der Waals surface area contributed by atoms with Crippen molar-refractivity contribution >= 4 is 5.78 Å². The van der Waals surface area contributed by atoms with Gasteiger partial charge in [0.25, 0.3) is 0 Å². The Bertz CT molecular complexity index is 302. The fourth-order valence-electron chi connectivity index (χ4n) is 1.30. The Balaban J connectivity index is 2.95. The van der Waals surface area contributed by atoms with Gasteiger partial charge in [-0.2, -0.15) is 0 Å². The normalized spacial score (nSPS) is 12.5. The van der Waals surface area contributed by atoms with E-state index < -0.39 is 0 Å². The third-order valence-electron chi connectivity index (χ3n) is 2.47. The van der Waals surface area contributed by atoms with E-state index in [1.165, 1.54) is 0 Å². The number of benzene rings is 1. The Morgan fingerprint density at radius 2 is 2.00 bits per heavy atom. The minimum atomic E-state index is 0.140. The van der Waals surface area contributed by atoms with E-state index in [2.05, 4.69) is 0 Å². The van der Waals surface area contributed by atoms with Gasteiger partial charge >= 0.3 is 0 Å². The highest BCUT2D eigenvalue weighted by Crippen LogP contribution is 2.14. The van der Waals surface area contributed by atoms with Gasteiger partial charge in [0.2, 0.25) is 0 Å². The summed E-state index contributed by atoms with van der Waals surface area (Å²) in [6.07, 6.45) is 0.910. The summed E-state index contributed by atoms with van der Waals surface area (Å²) >= 11 is 0. The summed E-state index contributed by atoms with van der Waals surface area (Å²) in [6, 6.07) is 7.77. The van der Waals surface area contributed by atoms with Crippen molar-refractivity contribution in [1.29, 1.82) is 0 Å². The van der Waals surface area contributed by atoms with Crippen LogP contribution in [0.2, 0.25) is 0 Å². The molecule has 0 aliphatic carbocycles. The van der Waals surface area contributed by atoms with Crippen molar-refractivity contribution < 1.29 is 4.79 Å². The van der Waals surface area contributed by atoms with Gasteiger partial charge in [0, 0.05) is 11.5 Å². The summed E-state index contributed by atoms with van der Waals surface area (Å²) in [6.45, 7) is 6.01. The number of ketones is 1. The first-order valence-electron chi connectivity index (χ1n) is 4.76. The summed E-state index contributed by atoms with van der Waals surface area (Å²) in [4.78, 5) is 11.8. The van der Waals surface area contributed by atoms with Gasteiger partial charge in [-0.1, -0.05) is 38.1 Å². The lowest BCUT2D eigenvalue weighted by atomic mass is 9.94. The van der Waals surface area contributed by atoms with Gasteiger partial charge < -0.3 is 0 Å². The monoisotopic (exact) mass is 176 g/mol. The number of rotatable bonds is 3. The summed E-state index contributed by atoms with van der Waals surface area (Å²) in [7, 11) is 0. The number of carbonyl (C=O) groups is 1. The van der Waals surface area contributed by atoms with Gasteiger partial charge in [-0.25, -0.2) is 0 Å². The summed E-state index contributed by atoms with van der Waals surface area (Å²) in [5.74, 6) is 0.404. The summed E-state index contributed by atoms with van der Waals surface area (Å²) < 4.78 is 0. The molecular formula is C12H16O. The maximum Gasteiger partial charge on any atom is 0.165 e. The zero-order valence-electron chi connectivity index (χ0n) is 8.50. The van der Waals surface area contributed by atoms with Crippen LogP contribution in [0.3, 0.4) is 0 Å². The summed E-state index contributed by atoms with van der Waals surface area (Å²) in [5, 5.41) is 0. The molecule has 0 aromatic heterocycles. The van der Waals surface area contributed by atoms with Crippen LogP contribution in [0.1, 0.15) is 36.2 Å². The van der Waals surface area contributed by atoms with Crippen molar-refractivity contribution in [1.82, 2.24) is 0 Å². The van der Waals surface area contributed by atoms with Crippen LogP contribution in [-0.4, -0.2) is 5.78 Å². The van der Waals surface area contributed by atoms with E-state index in [0.29, 0.717) is 0 Å². The van der Waals surface area contributed by atoms with Gasteiger partial charge in [0.15, 0.2) is 5.78 Å². The molecule has 1 heteroatoms. The van der Waals surface area contributed by atoms with E-state index in [4.69, 9.17) is 0 Å². The molecule has 0 fully saturated rings. The average Bonchev–Trinajstić information content (AvgIpc) is 2.16. The maximum absolute atomic E-state index is 11.8. The standard InChI is InChI=1S/C12H16O/c1-4-9(2)12(13)11-8-6-5-7-10(11)3/h5-9H,4H2,1-3H3/t9-/m1/s1. The van der Waals surface area contributed by atoms with Gasteiger partial charge in [0.1, 0.15) is 0 Å². The molecule has 0 bridgehead atoms. The minimum Gasteiger partial charge on any atom is -0.294 e. The third kappa shape index (κ3) is 2.18. The van der Waals surface area contributed by atoms with Crippen molar-refractivity contribution in [2.24, 2.45) is 5.92 Å². The highest BCUT2D eigenvalue weighted by atomic mass is 16.1. The molecule has 0 amide bonds. The second kappa shape index (κ2) is 4.22. The van der Waals surface area contributed by atoms with E-state index in [9.17, 15) is 4.79 Å². The first-order valence-corrected chi connectivity index (χ1v) is 4.76. The van der Waals surface area contributed by atoms with Crippen molar-refractivity contribution in [2.75, 3.05) is 0 Å². The first kappa shape index (κ1) is 9.97. The Kier molecular flexibility index (Phi) is 3.24. The van der Waals surface area contributed by atoms with Gasteiger partial charge in [-0.3, -0.25) is 4.79 Å². The largest absolute Gasteiger partial charge is 0.294 e. The van der Waals surface area contributed by atoms with Crippen LogP contribution in [0.5, 0.6) is 0 Å². The second-order valence-corrected chi connectivity index (χ2v) is 3.49. The molecule has 1 rings (SSSR count). The quantitative estimate of drug-likeness (QED) is 0.646. The van der Waals surface area contributed by atoms with Crippen LogP contribution in [-0.2, 0) is 0 Å². The number of carbonyl (C=O) groups excluding carboxylic acids is 1. The molecular weight excluding hydrogens is 160 g/mol. The van der Waals surface area contributed by atoms with E-state index in [-0.39, 0.29) is 11.7 Å². The van der Waals surface area contributed by atoms with Crippen LogP contribution in [0, 0.1) is 12.8 Å². The fraction of sp³-hybridized carbons (Fsp3) is 0.417. The number of hydrogen-bond donors (Lipinski definition) is 0. The molecule has 1 atom stereocenters. The highest BCUT2D eigenvalue weighted by molar-refractivity contribution is 5.98. The average molecular weight is 176 g/mol. The van der Waals surface area contributed by atoms with Gasteiger partial charge in [0.05, 0.1) is 0 Å². The molecule has 0 spiro atoms. The highest BCUT2D eigenvalue weighted by Gasteiger charge is 2.14. The molecule has 1 nitrogen and oxygen atoms in total. The van der Waals surface area contributed by atoms with Gasteiger partial charge in [-0.05, 0) is 18.9 Å². The molecule has 0 aliphatic rings. The third-order valence-corrected chi connectivity index (χ3v) is 2.47. The molecule has 0 aliphatic heterocycles.